The van der Waals surface area contributed by atoms with Crippen LogP contribution in [0.2, 0.25) is 5.02 Å². The third-order valence-electron chi connectivity index (χ3n) is 2.83. The number of hydrogen-bond acceptors (Lipinski definition) is 2. The molecular weight excluding hydrogens is 222 g/mol. The van der Waals surface area contributed by atoms with E-state index in [0.29, 0.717) is 5.95 Å². The highest BCUT2D eigenvalue weighted by Gasteiger charge is 2.10. The van der Waals surface area contributed by atoms with Gasteiger partial charge in [0.25, 0.3) is 0 Å². The van der Waals surface area contributed by atoms with Crippen LogP contribution in [-0.4, -0.2) is 9.55 Å². The van der Waals surface area contributed by atoms with Gasteiger partial charge in [0, 0.05) is 24.2 Å². The maximum absolute atomic E-state index is 6.11. The van der Waals surface area contributed by atoms with Crippen LogP contribution in [0, 0.1) is 6.92 Å². The number of imidazole rings is 1. The average Bonchev–Trinajstić information content (AvgIpc) is 2.50. The summed E-state index contributed by atoms with van der Waals surface area (Å²) < 4.78 is 1.88. The van der Waals surface area contributed by atoms with E-state index in [-0.39, 0.29) is 0 Å². The van der Waals surface area contributed by atoms with Crippen LogP contribution in [0.4, 0.5) is 5.95 Å². The highest BCUT2D eigenvalue weighted by molar-refractivity contribution is 6.31. The largest absolute Gasteiger partial charge is 0.369 e. The van der Waals surface area contributed by atoms with Gasteiger partial charge in [0.05, 0.1) is 5.69 Å². The quantitative estimate of drug-likeness (QED) is 0.870. The lowest BCUT2D eigenvalue weighted by atomic mass is 10.1. The SMILES string of the molecule is Cc1c(Cc2ccccc2Cl)nc(N)n1C. The molecule has 16 heavy (non-hydrogen) atoms. The molecule has 2 aromatic rings. The monoisotopic (exact) mass is 235 g/mol. The van der Waals surface area contributed by atoms with Gasteiger partial charge in [-0.05, 0) is 18.6 Å². The zero-order valence-corrected chi connectivity index (χ0v) is 10.1. The summed E-state index contributed by atoms with van der Waals surface area (Å²) in [6, 6.07) is 7.79. The van der Waals surface area contributed by atoms with Crippen molar-refractivity contribution in [2.45, 2.75) is 13.3 Å². The number of nitrogen functional groups attached to an aromatic ring is 1. The Kier molecular flexibility index (Phi) is 2.88. The number of nitrogens with zero attached hydrogens (tertiary/aromatic N) is 2. The minimum atomic E-state index is 0.541. The second-order valence-corrected chi connectivity index (χ2v) is 4.24. The third kappa shape index (κ3) is 1.91. The molecule has 1 aromatic carbocycles. The first-order chi connectivity index (χ1) is 7.59. The van der Waals surface area contributed by atoms with Crippen LogP contribution in [0.25, 0.3) is 0 Å². The van der Waals surface area contributed by atoms with Gasteiger partial charge in [-0.15, -0.1) is 0 Å². The van der Waals surface area contributed by atoms with Gasteiger partial charge in [-0.1, -0.05) is 29.8 Å². The summed E-state index contributed by atoms with van der Waals surface area (Å²) >= 11 is 6.11. The van der Waals surface area contributed by atoms with Crippen LogP contribution >= 0.6 is 11.6 Å². The van der Waals surface area contributed by atoms with Crippen LogP contribution in [0.3, 0.4) is 0 Å². The Morgan fingerprint density at radius 1 is 1.38 bits per heavy atom. The number of benzene rings is 1. The smallest absolute Gasteiger partial charge is 0.200 e. The van der Waals surface area contributed by atoms with E-state index in [1.807, 2.05) is 42.8 Å². The summed E-state index contributed by atoms with van der Waals surface area (Å²) in [6.45, 7) is 2.01. The van der Waals surface area contributed by atoms with Crippen LogP contribution < -0.4 is 5.73 Å². The van der Waals surface area contributed by atoms with Crippen molar-refractivity contribution in [3.63, 3.8) is 0 Å². The van der Waals surface area contributed by atoms with Crippen molar-refractivity contribution in [3.8, 4) is 0 Å². The summed E-state index contributed by atoms with van der Waals surface area (Å²) in [7, 11) is 1.91. The fourth-order valence-corrected chi connectivity index (χ4v) is 1.85. The van der Waals surface area contributed by atoms with Crippen molar-refractivity contribution >= 4 is 17.5 Å². The van der Waals surface area contributed by atoms with Crippen LogP contribution in [-0.2, 0) is 13.5 Å². The highest BCUT2D eigenvalue weighted by Crippen LogP contribution is 2.21. The van der Waals surface area contributed by atoms with Gasteiger partial charge >= 0.3 is 0 Å². The van der Waals surface area contributed by atoms with Gasteiger partial charge in [0.1, 0.15) is 0 Å². The highest BCUT2D eigenvalue weighted by atomic mass is 35.5. The molecule has 3 nitrogen and oxygen atoms in total. The number of halogens is 1. The number of nitrogens with two attached hydrogens (primary N) is 1. The van der Waals surface area contributed by atoms with Gasteiger partial charge in [0.15, 0.2) is 5.95 Å². The second-order valence-electron chi connectivity index (χ2n) is 3.83. The Morgan fingerprint density at radius 3 is 2.62 bits per heavy atom. The van der Waals surface area contributed by atoms with E-state index in [0.717, 1.165) is 28.4 Å². The molecule has 0 amide bonds. The van der Waals surface area contributed by atoms with Gasteiger partial charge in [0.2, 0.25) is 0 Å². The summed E-state index contributed by atoms with van der Waals surface area (Å²) in [5.74, 6) is 0.541. The fraction of sp³-hybridized carbons (Fsp3) is 0.250. The van der Waals surface area contributed by atoms with E-state index >= 15 is 0 Å². The van der Waals surface area contributed by atoms with Crippen molar-refractivity contribution in [1.29, 1.82) is 0 Å². The standard InChI is InChI=1S/C12H14ClN3/c1-8-11(15-12(14)16(8)2)7-9-5-3-4-6-10(9)13/h3-6H,7H2,1-2H3,(H2,14,15). The first-order valence-corrected chi connectivity index (χ1v) is 5.48. The van der Waals surface area contributed by atoms with Crippen LogP contribution in [0.5, 0.6) is 0 Å². The predicted octanol–water partition coefficient (Wildman–Crippen LogP) is 2.55. The molecule has 0 bridgehead atoms. The fourth-order valence-electron chi connectivity index (χ4n) is 1.65. The van der Waals surface area contributed by atoms with Crippen LogP contribution in [0.15, 0.2) is 24.3 Å². The van der Waals surface area contributed by atoms with Crippen molar-refractivity contribution in [1.82, 2.24) is 9.55 Å². The van der Waals surface area contributed by atoms with E-state index in [1.165, 1.54) is 0 Å². The molecule has 2 rings (SSSR count). The van der Waals surface area contributed by atoms with E-state index in [1.54, 1.807) is 0 Å². The number of aromatic nitrogens is 2. The van der Waals surface area contributed by atoms with E-state index in [2.05, 4.69) is 4.98 Å². The zero-order chi connectivity index (χ0) is 11.7. The first kappa shape index (κ1) is 11.0. The molecule has 0 spiro atoms. The van der Waals surface area contributed by atoms with Crippen molar-refractivity contribution in [2.75, 3.05) is 5.73 Å². The topological polar surface area (TPSA) is 43.8 Å². The number of hydrogen-bond donors (Lipinski definition) is 1. The van der Waals surface area contributed by atoms with E-state index < -0.39 is 0 Å². The first-order valence-electron chi connectivity index (χ1n) is 5.10. The second kappa shape index (κ2) is 4.18. The van der Waals surface area contributed by atoms with E-state index in [9.17, 15) is 0 Å². The average molecular weight is 236 g/mol. The molecule has 0 unspecified atom stereocenters. The Bertz CT molecular complexity index is 517. The maximum atomic E-state index is 6.11. The third-order valence-corrected chi connectivity index (χ3v) is 3.20. The predicted molar refractivity (Wildman–Crippen MR) is 66.6 cm³/mol. The van der Waals surface area contributed by atoms with Gasteiger partial charge in [-0.25, -0.2) is 4.98 Å². The van der Waals surface area contributed by atoms with Crippen molar-refractivity contribution < 1.29 is 0 Å². The molecule has 0 saturated carbocycles. The molecular formula is C12H14ClN3. The summed E-state index contributed by atoms with van der Waals surface area (Å²) in [5, 5.41) is 0.770. The van der Waals surface area contributed by atoms with Gasteiger partial charge in [-0.2, -0.15) is 0 Å². The number of rotatable bonds is 2. The number of anilines is 1. The molecule has 0 saturated heterocycles. The Labute approximate surface area is 99.9 Å². The maximum Gasteiger partial charge on any atom is 0.200 e. The van der Waals surface area contributed by atoms with E-state index in [4.69, 9.17) is 17.3 Å². The molecule has 2 N–H and O–H groups in total. The minimum Gasteiger partial charge on any atom is -0.369 e. The molecule has 0 aliphatic rings. The minimum absolute atomic E-state index is 0.541. The van der Waals surface area contributed by atoms with Gasteiger partial charge < -0.3 is 10.3 Å². The molecule has 4 heteroatoms. The zero-order valence-electron chi connectivity index (χ0n) is 9.37. The summed E-state index contributed by atoms with van der Waals surface area (Å²) in [5.41, 5.74) is 8.89. The molecule has 0 radical (unpaired) electrons. The van der Waals surface area contributed by atoms with Crippen molar-refractivity contribution in [3.05, 3.63) is 46.2 Å². The normalized spacial score (nSPS) is 10.7. The lowest BCUT2D eigenvalue weighted by Gasteiger charge is -2.02. The molecule has 84 valence electrons. The van der Waals surface area contributed by atoms with Crippen molar-refractivity contribution in [2.24, 2.45) is 7.05 Å². The molecule has 0 fully saturated rings. The summed E-state index contributed by atoms with van der Waals surface area (Å²) in [4.78, 5) is 4.33. The van der Waals surface area contributed by atoms with Crippen LogP contribution in [0.1, 0.15) is 17.0 Å². The molecule has 0 atom stereocenters. The molecule has 1 aromatic heterocycles. The lowest BCUT2D eigenvalue weighted by molar-refractivity contribution is 0.882. The molecule has 0 aliphatic carbocycles. The summed E-state index contributed by atoms with van der Waals surface area (Å²) in [6.07, 6.45) is 0.719. The Hall–Kier alpha value is -1.48. The molecule has 1 heterocycles. The lowest BCUT2D eigenvalue weighted by Crippen LogP contribution is -1.98. The Morgan fingerprint density at radius 2 is 2.06 bits per heavy atom. The van der Waals surface area contributed by atoms with Gasteiger partial charge in [-0.3, -0.25) is 0 Å². The molecule has 0 aliphatic heterocycles. The Balaban J connectivity index is 2.34.